The lowest BCUT2D eigenvalue weighted by atomic mass is 10.1. The van der Waals surface area contributed by atoms with E-state index in [1.165, 1.54) is 0 Å². The first-order valence-electron chi connectivity index (χ1n) is 11.3. The zero-order chi connectivity index (χ0) is 23.1. The van der Waals surface area contributed by atoms with E-state index < -0.39 is 5.97 Å². The van der Waals surface area contributed by atoms with E-state index in [-0.39, 0.29) is 11.6 Å². The molecule has 7 nitrogen and oxygen atoms in total. The normalized spacial score (nSPS) is 11.8. The molecule has 2 aromatic heterocycles. The number of imidazole rings is 1. The Labute approximate surface area is 186 Å². The quantitative estimate of drug-likeness (QED) is 0.549. The Morgan fingerprint density at radius 3 is 2.16 bits per heavy atom. The first-order valence-corrected chi connectivity index (χ1v) is 11.3. The van der Waals surface area contributed by atoms with Gasteiger partial charge in [-0.05, 0) is 70.3 Å². The minimum atomic E-state index is -1.04. The molecule has 0 aliphatic rings. The van der Waals surface area contributed by atoms with Gasteiger partial charge in [0, 0.05) is 19.3 Å². The van der Waals surface area contributed by atoms with Crippen LogP contribution in [0, 0.1) is 11.8 Å². The molecule has 0 fully saturated rings. The number of rotatable bonds is 12. The summed E-state index contributed by atoms with van der Waals surface area (Å²) < 4.78 is 1.79. The van der Waals surface area contributed by atoms with Crippen LogP contribution in [0.4, 0.5) is 0 Å². The first-order chi connectivity index (χ1) is 14.6. The van der Waals surface area contributed by atoms with Crippen molar-refractivity contribution in [2.24, 2.45) is 11.8 Å². The fourth-order valence-corrected chi connectivity index (χ4v) is 3.52. The van der Waals surface area contributed by atoms with Crippen LogP contribution in [0.2, 0.25) is 0 Å². The third kappa shape index (κ3) is 7.06. The predicted molar refractivity (Wildman–Crippen MR) is 124 cm³/mol. The fraction of sp³-hybridized carbons (Fsp3) is 0.625. The number of carboxylic acid groups (broad SMARTS) is 1. The highest BCUT2D eigenvalue weighted by atomic mass is 16.4. The van der Waals surface area contributed by atoms with Gasteiger partial charge in [-0.1, -0.05) is 27.7 Å². The number of hydrogen-bond donors (Lipinski definition) is 1. The van der Waals surface area contributed by atoms with Crippen molar-refractivity contribution in [3.8, 4) is 0 Å². The largest absolute Gasteiger partial charge is 0.476 e. The molecule has 0 saturated carbocycles. The summed E-state index contributed by atoms with van der Waals surface area (Å²) in [5.41, 5.74) is 1.85. The second-order valence-corrected chi connectivity index (χ2v) is 9.42. The van der Waals surface area contributed by atoms with Crippen molar-refractivity contribution in [1.82, 2.24) is 19.2 Å². The highest BCUT2D eigenvalue weighted by molar-refractivity contribution is 5.94. The van der Waals surface area contributed by atoms with E-state index in [0.29, 0.717) is 35.2 Å². The first kappa shape index (κ1) is 24.9. The van der Waals surface area contributed by atoms with Crippen LogP contribution in [0.3, 0.4) is 0 Å². The SMILES string of the molecule is CC(C)CCN(CCC(C)C)C(=O)c1ccc2nc(C(=O)O)c(CCCN(C)C)n2c1. The van der Waals surface area contributed by atoms with E-state index in [4.69, 9.17) is 0 Å². The minimum absolute atomic E-state index is 0.00647. The number of nitrogens with zero attached hydrogens (tertiary/aromatic N) is 4. The van der Waals surface area contributed by atoms with E-state index in [0.717, 1.165) is 38.9 Å². The van der Waals surface area contributed by atoms with Crippen LogP contribution in [-0.2, 0) is 6.42 Å². The second-order valence-electron chi connectivity index (χ2n) is 9.42. The Morgan fingerprint density at radius 2 is 1.65 bits per heavy atom. The summed E-state index contributed by atoms with van der Waals surface area (Å²) in [4.78, 5) is 33.4. The van der Waals surface area contributed by atoms with Gasteiger partial charge in [0.25, 0.3) is 5.91 Å². The average molecular weight is 431 g/mol. The molecule has 2 aromatic rings. The molecule has 1 N–H and O–H groups in total. The number of carboxylic acids is 1. The molecule has 0 aliphatic heterocycles. The molecule has 0 radical (unpaired) electrons. The van der Waals surface area contributed by atoms with Crippen molar-refractivity contribution in [2.75, 3.05) is 33.7 Å². The van der Waals surface area contributed by atoms with Crippen molar-refractivity contribution in [2.45, 2.75) is 53.4 Å². The Morgan fingerprint density at radius 1 is 1.03 bits per heavy atom. The highest BCUT2D eigenvalue weighted by Gasteiger charge is 2.21. The molecule has 0 aromatic carbocycles. The van der Waals surface area contributed by atoms with Crippen molar-refractivity contribution in [3.05, 3.63) is 35.3 Å². The van der Waals surface area contributed by atoms with Crippen LogP contribution in [0.1, 0.15) is 73.5 Å². The molecule has 31 heavy (non-hydrogen) atoms. The topological polar surface area (TPSA) is 78.1 Å². The summed E-state index contributed by atoms with van der Waals surface area (Å²) in [5, 5.41) is 9.62. The summed E-state index contributed by atoms with van der Waals surface area (Å²) >= 11 is 0. The number of carbonyl (C=O) groups excluding carboxylic acids is 1. The maximum absolute atomic E-state index is 13.3. The van der Waals surface area contributed by atoms with Crippen molar-refractivity contribution < 1.29 is 14.7 Å². The van der Waals surface area contributed by atoms with E-state index in [1.807, 2.05) is 19.0 Å². The monoisotopic (exact) mass is 430 g/mol. The molecule has 0 unspecified atom stereocenters. The summed E-state index contributed by atoms with van der Waals surface area (Å²) in [6, 6.07) is 3.51. The molecule has 1 amide bonds. The van der Waals surface area contributed by atoms with Gasteiger partial charge < -0.3 is 19.3 Å². The molecule has 0 aliphatic carbocycles. The summed E-state index contributed by atoms with van der Waals surface area (Å²) in [6.45, 7) is 10.9. The second kappa shape index (κ2) is 11.3. The number of pyridine rings is 1. The van der Waals surface area contributed by atoms with Crippen LogP contribution < -0.4 is 0 Å². The third-order valence-electron chi connectivity index (χ3n) is 5.43. The van der Waals surface area contributed by atoms with Crippen molar-refractivity contribution in [3.63, 3.8) is 0 Å². The van der Waals surface area contributed by atoms with E-state index >= 15 is 0 Å². The van der Waals surface area contributed by atoms with Gasteiger partial charge in [-0.3, -0.25) is 4.79 Å². The minimum Gasteiger partial charge on any atom is -0.476 e. The molecule has 0 bridgehead atoms. The van der Waals surface area contributed by atoms with Crippen molar-refractivity contribution in [1.29, 1.82) is 0 Å². The molecule has 0 atom stereocenters. The van der Waals surface area contributed by atoms with Gasteiger partial charge in [0.05, 0.1) is 11.3 Å². The molecule has 0 spiro atoms. The lowest BCUT2D eigenvalue weighted by Gasteiger charge is -2.24. The molecule has 0 saturated heterocycles. The number of hydrogen-bond acceptors (Lipinski definition) is 4. The number of aromatic nitrogens is 2. The van der Waals surface area contributed by atoms with E-state index in [1.54, 1.807) is 22.7 Å². The standard InChI is InChI=1S/C24H38N4O3/c1-17(2)11-14-27(15-12-18(3)4)23(29)19-9-10-21-25-22(24(30)31)20(28(21)16-19)8-7-13-26(5)6/h9-10,16-18H,7-8,11-15H2,1-6H3,(H,30,31). The number of aromatic carboxylic acids is 1. The molecular weight excluding hydrogens is 392 g/mol. The van der Waals surface area contributed by atoms with Gasteiger partial charge in [0.15, 0.2) is 5.69 Å². The smallest absolute Gasteiger partial charge is 0.356 e. The Bertz CT molecular complexity index is 874. The van der Waals surface area contributed by atoms with Gasteiger partial charge in [0.1, 0.15) is 5.65 Å². The van der Waals surface area contributed by atoms with Crippen LogP contribution >= 0.6 is 0 Å². The van der Waals surface area contributed by atoms with Crippen LogP contribution in [0.5, 0.6) is 0 Å². The molecule has 7 heteroatoms. The van der Waals surface area contributed by atoms with Gasteiger partial charge in [-0.15, -0.1) is 0 Å². The average Bonchev–Trinajstić information content (AvgIpc) is 3.05. The van der Waals surface area contributed by atoms with Gasteiger partial charge in [-0.2, -0.15) is 0 Å². The van der Waals surface area contributed by atoms with Gasteiger partial charge in [-0.25, -0.2) is 9.78 Å². The molecular formula is C24H38N4O3. The molecule has 2 rings (SSSR count). The number of fused-ring (bicyclic) bond motifs is 1. The Kier molecular flexibility index (Phi) is 9.04. The number of amides is 1. The maximum Gasteiger partial charge on any atom is 0.356 e. The van der Waals surface area contributed by atoms with Gasteiger partial charge >= 0.3 is 5.97 Å². The molecule has 2 heterocycles. The number of carbonyl (C=O) groups is 2. The Balaban J connectivity index is 2.36. The zero-order valence-electron chi connectivity index (χ0n) is 19.9. The van der Waals surface area contributed by atoms with Crippen molar-refractivity contribution >= 4 is 17.5 Å². The predicted octanol–water partition coefficient (Wildman–Crippen LogP) is 4.06. The lowest BCUT2D eigenvalue weighted by molar-refractivity contribution is 0.0688. The van der Waals surface area contributed by atoms with E-state index in [9.17, 15) is 14.7 Å². The van der Waals surface area contributed by atoms with E-state index in [2.05, 4.69) is 37.6 Å². The van der Waals surface area contributed by atoms with Crippen LogP contribution in [-0.4, -0.2) is 69.9 Å². The summed E-state index contributed by atoms with van der Waals surface area (Å²) in [7, 11) is 3.98. The third-order valence-corrected chi connectivity index (χ3v) is 5.43. The lowest BCUT2D eigenvalue weighted by Crippen LogP contribution is -2.34. The van der Waals surface area contributed by atoms with Crippen LogP contribution in [0.25, 0.3) is 5.65 Å². The highest BCUT2D eigenvalue weighted by Crippen LogP contribution is 2.18. The summed E-state index contributed by atoms with van der Waals surface area (Å²) in [5.74, 6) is -0.00116. The zero-order valence-corrected chi connectivity index (χ0v) is 19.9. The van der Waals surface area contributed by atoms with Crippen LogP contribution in [0.15, 0.2) is 18.3 Å². The van der Waals surface area contributed by atoms with Gasteiger partial charge in [0.2, 0.25) is 0 Å². The fourth-order valence-electron chi connectivity index (χ4n) is 3.52. The summed E-state index contributed by atoms with van der Waals surface area (Å²) in [6.07, 6.45) is 5.07. The maximum atomic E-state index is 13.3. The molecule has 172 valence electrons. The number of aryl methyl sites for hydroxylation is 1. The Hall–Kier alpha value is -2.41.